The lowest BCUT2D eigenvalue weighted by atomic mass is 9.85. The van der Waals surface area contributed by atoms with Crippen molar-refractivity contribution in [2.45, 2.75) is 83.3 Å². The van der Waals surface area contributed by atoms with Crippen LogP contribution in [0.5, 0.6) is 0 Å². The normalized spacial score (nSPS) is 22.6. The predicted octanol–water partition coefficient (Wildman–Crippen LogP) is 4.89. The second-order valence-electron chi connectivity index (χ2n) is 10.3. The van der Waals surface area contributed by atoms with Gasteiger partial charge in [0.15, 0.2) is 0 Å². The fourth-order valence-electron chi connectivity index (χ4n) is 5.74. The third-order valence-corrected chi connectivity index (χ3v) is 8.56. The van der Waals surface area contributed by atoms with E-state index in [0.29, 0.717) is 29.3 Å². The number of hydrogen-bond donors (Lipinski definition) is 1. The number of carbonyl (C=O) groups is 4. The molecule has 0 spiro atoms. The Balaban J connectivity index is 1.49. The predicted molar refractivity (Wildman–Crippen MR) is 143 cm³/mol. The molecule has 0 unspecified atom stereocenters. The lowest BCUT2D eigenvalue weighted by Crippen LogP contribution is -2.52. The fraction of sp³-hybridized carbons (Fsp3) is 0.571. The molecular weight excluding hydrogens is 513 g/mol. The zero-order valence-electron chi connectivity index (χ0n) is 21.3. The second-order valence-corrected chi connectivity index (χ2v) is 11.1. The molecule has 3 aliphatic rings. The number of benzene rings is 1. The van der Waals surface area contributed by atoms with Crippen LogP contribution in [0.1, 0.15) is 70.3 Å². The minimum atomic E-state index is -0.680. The van der Waals surface area contributed by atoms with Crippen LogP contribution in [-0.4, -0.2) is 52.1 Å². The summed E-state index contributed by atoms with van der Waals surface area (Å²) >= 11 is 12.3. The molecule has 0 bridgehead atoms. The number of allylic oxidation sites excluding steroid dienone is 2. The third-order valence-electron chi connectivity index (χ3n) is 7.82. The molecule has 1 aromatic carbocycles. The number of amides is 4. The standard InChI is InChI=1S/C28H35Cl2N3O4/c1-2-24(26(35)31-19-8-4-3-5-9-19)33(17-18-12-13-22(29)23(30)16-18)25(34)14-15-32-27(36)20-10-6-7-11-21(20)28(32)37/h6-7,12-13,16,19-21,24H,2-5,8-11,14-15,17H2,1H3,(H,31,35)/t20-,21+,24-/m0/s1. The van der Waals surface area contributed by atoms with E-state index in [4.69, 9.17) is 23.2 Å². The molecule has 0 aromatic heterocycles. The van der Waals surface area contributed by atoms with E-state index in [1.165, 1.54) is 11.3 Å². The second kappa shape index (κ2) is 12.4. The fourth-order valence-corrected chi connectivity index (χ4v) is 6.06. The van der Waals surface area contributed by atoms with E-state index in [0.717, 1.165) is 31.2 Å². The van der Waals surface area contributed by atoms with Gasteiger partial charge in [-0.2, -0.15) is 0 Å². The highest BCUT2D eigenvalue weighted by molar-refractivity contribution is 6.42. The van der Waals surface area contributed by atoms with Crippen LogP contribution in [0, 0.1) is 11.8 Å². The number of hydrogen-bond acceptors (Lipinski definition) is 4. The topological polar surface area (TPSA) is 86.8 Å². The van der Waals surface area contributed by atoms with E-state index in [1.54, 1.807) is 23.1 Å². The van der Waals surface area contributed by atoms with Gasteiger partial charge in [-0.05, 0) is 49.8 Å². The van der Waals surface area contributed by atoms with Gasteiger partial charge in [-0.25, -0.2) is 0 Å². The third kappa shape index (κ3) is 6.37. The van der Waals surface area contributed by atoms with Gasteiger partial charge in [0.25, 0.3) is 0 Å². The number of nitrogens with one attached hydrogen (secondary N) is 1. The lowest BCUT2D eigenvalue weighted by Gasteiger charge is -2.33. The average Bonchev–Trinajstić information content (AvgIpc) is 3.14. The van der Waals surface area contributed by atoms with Crippen molar-refractivity contribution in [3.63, 3.8) is 0 Å². The van der Waals surface area contributed by atoms with Gasteiger partial charge in [-0.15, -0.1) is 0 Å². The molecule has 1 heterocycles. The Labute approximate surface area is 228 Å². The van der Waals surface area contributed by atoms with Gasteiger partial charge < -0.3 is 10.2 Å². The minimum Gasteiger partial charge on any atom is -0.352 e. The van der Waals surface area contributed by atoms with Crippen molar-refractivity contribution >= 4 is 46.8 Å². The number of halogens is 2. The summed E-state index contributed by atoms with van der Waals surface area (Å²) in [5, 5.41) is 3.93. The zero-order chi connectivity index (χ0) is 26.5. The summed E-state index contributed by atoms with van der Waals surface area (Å²) < 4.78 is 0. The van der Waals surface area contributed by atoms with Crippen LogP contribution in [0.3, 0.4) is 0 Å². The van der Waals surface area contributed by atoms with Crippen molar-refractivity contribution in [1.29, 1.82) is 0 Å². The van der Waals surface area contributed by atoms with Gasteiger partial charge in [0.1, 0.15) is 6.04 Å². The number of rotatable bonds is 9. The van der Waals surface area contributed by atoms with E-state index in [1.807, 2.05) is 19.1 Å². The molecule has 1 N–H and O–H groups in total. The van der Waals surface area contributed by atoms with Crippen molar-refractivity contribution in [3.8, 4) is 0 Å². The van der Waals surface area contributed by atoms with Crippen molar-refractivity contribution in [2.75, 3.05) is 6.54 Å². The summed E-state index contributed by atoms with van der Waals surface area (Å²) in [6, 6.07) is 4.59. The Hall–Kier alpha value is -2.38. The lowest BCUT2D eigenvalue weighted by molar-refractivity contribution is -0.144. The van der Waals surface area contributed by atoms with Gasteiger partial charge >= 0.3 is 0 Å². The van der Waals surface area contributed by atoms with Crippen LogP contribution in [0.15, 0.2) is 30.4 Å². The van der Waals surface area contributed by atoms with Gasteiger partial charge in [0.2, 0.25) is 23.6 Å². The maximum Gasteiger partial charge on any atom is 0.243 e. The number of likely N-dealkylation sites (tertiary alicyclic amines) is 1. The molecule has 4 amide bonds. The zero-order valence-corrected chi connectivity index (χ0v) is 22.8. The van der Waals surface area contributed by atoms with Crippen molar-refractivity contribution in [2.24, 2.45) is 11.8 Å². The van der Waals surface area contributed by atoms with Crippen LogP contribution in [0.4, 0.5) is 0 Å². The molecule has 1 saturated carbocycles. The highest BCUT2D eigenvalue weighted by Gasteiger charge is 2.47. The number of carbonyl (C=O) groups excluding carboxylic acids is 4. The molecule has 1 aliphatic heterocycles. The quantitative estimate of drug-likeness (QED) is 0.352. The Kier molecular flexibility index (Phi) is 9.30. The monoisotopic (exact) mass is 547 g/mol. The molecule has 2 fully saturated rings. The first kappa shape index (κ1) is 27.6. The van der Waals surface area contributed by atoms with Crippen molar-refractivity contribution in [1.82, 2.24) is 15.1 Å². The van der Waals surface area contributed by atoms with Crippen LogP contribution in [0.25, 0.3) is 0 Å². The highest BCUT2D eigenvalue weighted by atomic mass is 35.5. The van der Waals surface area contributed by atoms with Gasteiger partial charge in [-0.1, -0.05) is 67.6 Å². The summed E-state index contributed by atoms with van der Waals surface area (Å²) in [4.78, 5) is 55.5. The summed E-state index contributed by atoms with van der Waals surface area (Å²) in [5.74, 6) is -1.52. The largest absolute Gasteiger partial charge is 0.352 e. The highest BCUT2D eigenvalue weighted by Crippen LogP contribution is 2.35. The van der Waals surface area contributed by atoms with E-state index in [-0.39, 0.29) is 61.0 Å². The van der Waals surface area contributed by atoms with E-state index >= 15 is 0 Å². The van der Waals surface area contributed by atoms with Crippen LogP contribution in [0.2, 0.25) is 10.0 Å². The number of imide groups is 1. The van der Waals surface area contributed by atoms with Crippen LogP contribution >= 0.6 is 23.2 Å². The molecule has 4 rings (SSSR count). The van der Waals surface area contributed by atoms with Crippen LogP contribution in [-0.2, 0) is 25.7 Å². The molecule has 7 nitrogen and oxygen atoms in total. The minimum absolute atomic E-state index is 0.0159. The van der Waals surface area contributed by atoms with Gasteiger partial charge in [-0.3, -0.25) is 24.1 Å². The summed E-state index contributed by atoms with van der Waals surface area (Å²) in [6.07, 6.45) is 10.6. The first-order valence-electron chi connectivity index (χ1n) is 13.3. The molecule has 0 radical (unpaired) electrons. The van der Waals surface area contributed by atoms with E-state index in [9.17, 15) is 19.2 Å². The summed E-state index contributed by atoms with van der Waals surface area (Å²) in [7, 11) is 0. The Morgan fingerprint density at radius 1 is 1.03 bits per heavy atom. The molecule has 3 atom stereocenters. The van der Waals surface area contributed by atoms with Gasteiger partial charge in [0.05, 0.1) is 21.9 Å². The number of fused-ring (bicyclic) bond motifs is 1. The molecule has 1 saturated heterocycles. The smallest absolute Gasteiger partial charge is 0.243 e. The number of nitrogens with zero attached hydrogens (tertiary/aromatic N) is 2. The Morgan fingerprint density at radius 2 is 1.68 bits per heavy atom. The maximum atomic E-state index is 13.6. The van der Waals surface area contributed by atoms with E-state index in [2.05, 4.69) is 5.32 Å². The Morgan fingerprint density at radius 3 is 2.27 bits per heavy atom. The van der Waals surface area contributed by atoms with Crippen LogP contribution < -0.4 is 5.32 Å². The average molecular weight is 549 g/mol. The molecule has 2 aliphatic carbocycles. The van der Waals surface area contributed by atoms with Gasteiger partial charge in [0, 0.05) is 25.6 Å². The molecule has 200 valence electrons. The SMILES string of the molecule is CC[C@@H](C(=O)NC1CCCCC1)N(Cc1ccc(Cl)c(Cl)c1)C(=O)CCN1C(=O)[C@H]2CC=CC[C@H]2C1=O. The summed E-state index contributed by atoms with van der Waals surface area (Å²) in [5.41, 5.74) is 0.747. The first-order valence-corrected chi connectivity index (χ1v) is 14.1. The van der Waals surface area contributed by atoms with Crippen molar-refractivity contribution < 1.29 is 19.2 Å². The van der Waals surface area contributed by atoms with Crippen molar-refractivity contribution in [3.05, 3.63) is 46.0 Å². The molecule has 1 aromatic rings. The first-order chi connectivity index (χ1) is 17.8. The molecule has 9 heteroatoms. The summed E-state index contributed by atoms with van der Waals surface area (Å²) in [6.45, 7) is 2.07. The van der Waals surface area contributed by atoms with E-state index < -0.39 is 6.04 Å². The molecule has 37 heavy (non-hydrogen) atoms. The molecular formula is C28H35Cl2N3O4. The Bertz CT molecular complexity index is 1040. The maximum absolute atomic E-state index is 13.6.